The Balaban J connectivity index is 1.54. The van der Waals surface area contributed by atoms with Crippen molar-refractivity contribution in [3.8, 4) is 5.82 Å². The summed E-state index contributed by atoms with van der Waals surface area (Å²) in [5, 5.41) is 2.37. The lowest BCUT2D eigenvalue weighted by atomic mass is 10.1. The van der Waals surface area contributed by atoms with E-state index in [0.717, 1.165) is 50.6 Å². The molecule has 1 aromatic carbocycles. The number of para-hydroxylation sites is 1. The molecule has 1 aliphatic heterocycles. The Morgan fingerprint density at radius 2 is 1.79 bits per heavy atom. The number of imide groups is 1. The summed E-state index contributed by atoms with van der Waals surface area (Å²) in [6, 6.07) is 13.3. The van der Waals surface area contributed by atoms with Gasteiger partial charge in [0.1, 0.15) is 12.4 Å². The molecule has 1 N–H and O–H groups in total. The molecule has 1 aliphatic rings. The molecular weight excluding hydrogens is 436 g/mol. The van der Waals surface area contributed by atoms with Crippen molar-refractivity contribution >= 4 is 40.6 Å². The zero-order valence-electron chi connectivity index (χ0n) is 18.9. The molecule has 33 heavy (non-hydrogen) atoms. The number of benzene rings is 1. The molecule has 2 aromatic heterocycles. The first-order valence-corrected chi connectivity index (χ1v) is 11.3. The summed E-state index contributed by atoms with van der Waals surface area (Å²) in [5.41, 5.74) is 5.23. The molecule has 0 radical (unpaired) electrons. The van der Waals surface area contributed by atoms with Crippen LogP contribution in [0, 0.1) is 27.7 Å². The molecule has 3 heterocycles. The maximum Gasteiger partial charge on any atom is 0.294 e. The van der Waals surface area contributed by atoms with Crippen LogP contribution in [-0.4, -0.2) is 38.0 Å². The van der Waals surface area contributed by atoms with E-state index in [1.807, 2.05) is 74.7 Å². The van der Waals surface area contributed by atoms with Crippen LogP contribution in [0.15, 0.2) is 53.6 Å². The van der Waals surface area contributed by atoms with Gasteiger partial charge in [-0.3, -0.25) is 19.3 Å². The van der Waals surface area contributed by atoms with Crippen molar-refractivity contribution in [2.24, 2.45) is 0 Å². The van der Waals surface area contributed by atoms with Gasteiger partial charge in [-0.15, -0.1) is 0 Å². The summed E-state index contributed by atoms with van der Waals surface area (Å²) in [7, 11) is 0. The summed E-state index contributed by atoms with van der Waals surface area (Å²) in [5.74, 6) is -0.100. The molecule has 1 fully saturated rings. The first kappa shape index (κ1) is 22.5. The smallest absolute Gasteiger partial charge is 0.294 e. The number of hydrogen-bond acceptors (Lipinski definition) is 5. The van der Waals surface area contributed by atoms with Gasteiger partial charge in [0.2, 0.25) is 5.91 Å². The van der Waals surface area contributed by atoms with Gasteiger partial charge in [-0.05, 0) is 80.4 Å². The molecule has 0 aliphatic carbocycles. The zero-order valence-corrected chi connectivity index (χ0v) is 19.7. The highest BCUT2D eigenvalue weighted by Gasteiger charge is 2.36. The molecule has 0 atom stereocenters. The van der Waals surface area contributed by atoms with Gasteiger partial charge in [-0.1, -0.05) is 24.3 Å². The van der Waals surface area contributed by atoms with Crippen molar-refractivity contribution in [1.82, 2.24) is 14.5 Å². The van der Waals surface area contributed by atoms with E-state index >= 15 is 0 Å². The highest BCUT2D eigenvalue weighted by molar-refractivity contribution is 8.18. The number of hydrogen-bond donors (Lipinski definition) is 1. The Bertz CT molecular complexity index is 1270. The molecule has 1 saturated heterocycles. The minimum Gasteiger partial charge on any atom is -0.324 e. The summed E-state index contributed by atoms with van der Waals surface area (Å²) >= 11 is 0.845. The van der Waals surface area contributed by atoms with Crippen LogP contribution >= 0.6 is 11.8 Å². The number of aryl methyl sites for hydroxylation is 3. The van der Waals surface area contributed by atoms with Gasteiger partial charge in [0, 0.05) is 23.3 Å². The van der Waals surface area contributed by atoms with Crippen LogP contribution in [0.25, 0.3) is 11.9 Å². The van der Waals surface area contributed by atoms with Crippen LogP contribution in [0.1, 0.15) is 28.1 Å². The van der Waals surface area contributed by atoms with Crippen molar-refractivity contribution in [2.45, 2.75) is 27.7 Å². The highest BCUT2D eigenvalue weighted by atomic mass is 32.2. The Hall–Kier alpha value is -3.65. The minimum absolute atomic E-state index is 0.293. The Morgan fingerprint density at radius 1 is 1.06 bits per heavy atom. The molecule has 0 spiro atoms. The second-order valence-corrected chi connectivity index (χ2v) is 8.93. The molecule has 4 rings (SSSR count). The third-order valence-corrected chi connectivity index (χ3v) is 6.46. The van der Waals surface area contributed by atoms with E-state index in [4.69, 9.17) is 0 Å². The number of rotatable bonds is 5. The summed E-state index contributed by atoms with van der Waals surface area (Å²) in [6.07, 6.45) is 3.43. The van der Waals surface area contributed by atoms with Gasteiger partial charge in [0.25, 0.3) is 11.1 Å². The molecule has 8 heteroatoms. The van der Waals surface area contributed by atoms with E-state index < -0.39 is 17.1 Å². The van der Waals surface area contributed by atoms with E-state index in [-0.39, 0.29) is 6.54 Å². The van der Waals surface area contributed by atoms with Crippen molar-refractivity contribution in [3.05, 3.63) is 81.6 Å². The minimum atomic E-state index is -0.468. The number of amides is 3. The van der Waals surface area contributed by atoms with Crippen molar-refractivity contribution in [2.75, 3.05) is 11.9 Å². The summed E-state index contributed by atoms with van der Waals surface area (Å²) < 4.78 is 1.99. The maximum atomic E-state index is 12.9. The third-order valence-electron chi connectivity index (χ3n) is 5.56. The number of anilines is 1. The Morgan fingerprint density at radius 3 is 2.45 bits per heavy atom. The predicted octanol–water partition coefficient (Wildman–Crippen LogP) is 4.78. The molecule has 0 unspecified atom stereocenters. The van der Waals surface area contributed by atoms with E-state index in [1.54, 1.807) is 12.3 Å². The number of thioether (sulfide) groups is 1. The average molecular weight is 461 g/mol. The first-order chi connectivity index (χ1) is 15.8. The molecule has 0 bridgehead atoms. The number of pyridine rings is 1. The summed E-state index contributed by atoms with van der Waals surface area (Å²) in [4.78, 5) is 43.7. The molecule has 168 valence electrons. The molecule has 3 amide bonds. The van der Waals surface area contributed by atoms with Gasteiger partial charge >= 0.3 is 0 Å². The largest absolute Gasteiger partial charge is 0.324 e. The lowest BCUT2D eigenvalue weighted by Crippen LogP contribution is -2.36. The van der Waals surface area contributed by atoms with E-state index in [1.165, 1.54) is 0 Å². The van der Waals surface area contributed by atoms with E-state index in [2.05, 4.69) is 10.3 Å². The predicted molar refractivity (Wildman–Crippen MR) is 130 cm³/mol. The Kier molecular flexibility index (Phi) is 6.20. The van der Waals surface area contributed by atoms with E-state index in [9.17, 15) is 14.4 Å². The SMILES string of the molecule is Cc1cccc(C)c1NC(=O)CN1C(=O)S/C(=C/c2cc(C)n(-c3ccccn3)c2C)C1=O. The number of nitrogens with zero attached hydrogens (tertiary/aromatic N) is 3. The van der Waals surface area contributed by atoms with Gasteiger partial charge in [0.15, 0.2) is 0 Å². The lowest BCUT2D eigenvalue weighted by Gasteiger charge is -2.15. The van der Waals surface area contributed by atoms with Gasteiger partial charge < -0.3 is 9.88 Å². The van der Waals surface area contributed by atoms with Gasteiger partial charge in [-0.2, -0.15) is 0 Å². The van der Waals surface area contributed by atoms with Crippen LogP contribution in [0.2, 0.25) is 0 Å². The molecule has 3 aromatic rings. The number of carbonyl (C=O) groups is 3. The highest BCUT2D eigenvalue weighted by Crippen LogP contribution is 2.33. The molecule has 0 saturated carbocycles. The third kappa shape index (κ3) is 4.47. The van der Waals surface area contributed by atoms with Gasteiger partial charge in [0.05, 0.1) is 4.91 Å². The summed E-state index contributed by atoms with van der Waals surface area (Å²) in [6.45, 7) is 7.36. The maximum absolute atomic E-state index is 12.9. The normalized spacial score (nSPS) is 14.9. The van der Waals surface area contributed by atoms with Crippen LogP contribution in [-0.2, 0) is 9.59 Å². The van der Waals surface area contributed by atoms with Crippen LogP contribution in [0.3, 0.4) is 0 Å². The zero-order chi connectivity index (χ0) is 23.7. The van der Waals surface area contributed by atoms with Crippen molar-refractivity contribution < 1.29 is 14.4 Å². The monoisotopic (exact) mass is 460 g/mol. The van der Waals surface area contributed by atoms with Crippen molar-refractivity contribution in [3.63, 3.8) is 0 Å². The fourth-order valence-corrected chi connectivity index (χ4v) is 4.71. The van der Waals surface area contributed by atoms with Crippen LogP contribution in [0.5, 0.6) is 0 Å². The lowest BCUT2D eigenvalue weighted by molar-refractivity contribution is -0.127. The van der Waals surface area contributed by atoms with E-state index in [0.29, 0.717) is 10.6 Å². The fraction of sp³-hybridized carbons (Fsp3) is 0.200. The second-order valence-electron chi connectivity index (χ2n) is 7.93. The van der Waals surface area contributed by atoms with Gasteiger partial charge in [-0.25, -0.2) is 4.98 Å². The van der Waals surface area contributed by atoms with Crippen LogP contribution in [0.4, 0.5) is 10.5 Å². The second kappa shape index (κ2) is 9.07. The first-order valence-electron chi connectivity index (χ1n) is 10.5. The number of aromatic nitrogens is 2. The standard InChI is InChI=1S/C25H24N4O3S/c1-15-8-7-9-16(2)23(15)27-22(30)14-28-24(31)20(33-25(28)32)13-19-12-17(3)29(18(19)4)21-10-5-6-11-26-21/h5-13H,14H2,1-4H3,(H,27,30)/b20-13+. The van der Waals surface area contributed by atoms with Crippen molar-refractivity contribution in [1.29, 1.82) is 0 Å². The topological polar surface area (TPSA) is 84.3 Å². The van der Waals surface area contributed by atoms with Crippen LogP contribution < -0.4 is 5.32 Å². The quantitative estimate of drug-likeness (QED) is 0.554. The molecule has 7 nitrogen and oxygen atoms in total. The fourth-order valence-electron chi connectivity index (χ4n) is 3.88. The number of nitrogens with one attached hydrogen (secondary N) is 1. The number of carbonyl (C=O) groups excluding carboxylic acids is 3. The average Bonchev–Trinajstić information content (AvgIpc) is 3.20. The Labute approximate surface area is 196 Å². The molecular formula is C25H24N4O3S.